The Bertz CT molecular complexity index is 914. The summed E-state index contributed by atoms with van der Waals surface area (Å²) in [5.41, 5.74) is 1.90. The lowest BCUT2D eigenvalue weighted by Gasteiger charge is -2.25. The van der Waals surface area contributed by atoms with Crippen LogP contribution in [0, 0.1) is 0 Å². The van der Waals surface area contributed by atoms with E-state index in [9.17, 15) is 4.79 Å². The fourth-order valence-electron chi connectivity index (χ4n) is 2.52. The van der Waals surface area contributed by atoms with E-state index in [2.05, 4.69) is 10.1 Å². The molecule has 0 aliphatic carbocycles. The van der Waals surface area contributed by atoms with Gasteiger partial charge in [0.2, 0.25) is 0 Å². The number of nitrogens with zero attached hydrogens (tertiary/aromatic N) is 4. The molecule has 6 nitrogen and oxygen atoms in total. The zero-order valence-electron chi connectivity index (χ0n) is 14.8. The highest BCUT2D eigenvalue weighted by Crippen LogP contribution is 2.28. The van der Waals surface area contributed by atoms with Crippen molar-refractivity contribution in [3.63, 3.8) is 0 Å². The first-order valence-electron chi connectivity index (χ1n) is 8.24. The Balaban J connectivity index is 1.63. The molecule has 1 amide bonds. The third-order valence-electron chi connectivity index (χ3n) is 4.28. The molecule has 0 unspecified atom stereocenters. The lowest BCUT2D eigenvalue weighted by Crippen LogP contribution is -2.33. The molecule has 8 heteroatoms. The van der Waals surface area contributed by atoms with Crippen molar-refractivity contribution in [3.8, 4) is 11.4 Å². The first kappa shape index (κ1) is 19.2. The Labute approximate surface area is 167 Å². The van der Waals surface area contributed by atoms with Crippen LogP contribution in [0.25, 0.3) is 5.69 Å². The van der Waals surface area contributed by atoms with E-state index in [1.54, 1.807) is 41.2 Å². The van der Waals surface area contributed by atoms with E-state index < -0.39 is 0 Å². The highest BCUT2D eigenvalue weighted by atomic mass is 35.5. The molecule has 0 spiro atoms. The summed E-state index contributed by atoms with van der Waals surface area (Å²) in [6.07, 6.45) is 3.11. The molecule has 2 aromatic carbocycles. The molecule has 27 heavy (non-hydrogen) atoms. The fraction of sp³-hybridized carbons (Fsp3) is 0.211. The third-order valence-corrected chi connectivity index (χ3v) is 4.82. The normalized spacial score (nSPS) is 11.9. The number of hydrogen-bond acceptors (Lipinski definition) is 4. The summed E-state index contributed by atoms with van der Waals surface area (Å²) in [5, 5.41) is 5.00. The van der Waals surface area contributed by atoms with Gasteiger partial charge in [-0.05, 0) is 36.8 Å². The van der Waals surface area contributed by atoms with Crippen molar-refractivity contribution in [1.29, 1.82) is 0 Å². The second-order valence-corrected chi connectivity index (χ2v) is 6.82. The zero-order chi connectivity index (χ0) is 19.4. The van der Waals surface area contributed by atoms with Crippen LogP contribution in [0.2, 0.25) is 10.0 Å². The largest absolute Gasteiger partial charge is 0.482 e. The van der Waals surface area contributed by atoms with Crippen LogP contribution >= 0.6 is 23.2 Å². The van der Waals surface area contributed by atoms with E-state index in [-0.39, 0.29) is 18.6 Å². The summed E-state index contributed by atoms with van der Waals surface area (Å²) in [4.78, 5) is 18.0. The van der Waals surface area contributed by atoms with E-state index in [0.717, 1.165) is 11.3 Å². The van der Waals surface area contributed by atoms with Gasteiger partial charge in [-0.3, -0.25) is 4.79 Å². The van der Waals surface area contributed by atoms with Crippen LogP contribution in [0.4, 0.5) is 0 Å². The van der Waals surface area contributed by atoms with Crippen LogP contribution in [0.3, 0.4) is 0 Å². The van der Waals surface area contributed by atoms with Crippen LogP contribution in [0.5, 0.6) is 5.75 Å². The molecule has 0 radical (unpaired) electrons. The second kappa shape index (κ2) is 8.41. The van der Waals surface area contributed by atoms with Crippen molar-refractivity contribution >= 4 is 29.1 Å². The highest BCUT2D eigenvalue weighted by Gasteiger charge is 2.18. The van der Waals surface area contributed by atoms with Crippen molar-refractivity contribution in [2.75, 3.05) is 13.7 Å². The Hall–Kier alpha value is -2.57. The maximum atomic E-state index is 12.5. The number of likely N-dealkylation sites (N-methyl/N-ethyl adjacent to an activating group) is 1. The molecule has 0 aliphatic heterocycles. The maximum Gasteiger partial charge on any atom is 0.260 e. The lowest BCUT2D eigenvalue weighted by molar-refractivity contribution is -0.134. The zero-order valence-corrected chi connectivity index (χ0v) is 16.4. The number of hydrogen-bond donors (Lipinski definition) is 0. The summed E-state index contributed by atoms with van der Waals surface area (Å²) < 4.78 is 7.20. The van der Waals surface area contributed by atoms with E-state index in [1.165, 1.54) is 6.33 Å². The van der Waals surface area contributed by atoms with Crippen molar-refractivity contribution in [3.05, 3.63) is 70.7 Å². The van der Waals surface area contributed by atoms with Gasteiger partial charge in [0.25, 0.3) is 5.91 Å². The second-order valence-electron chi connectivity index (χ2n) is 5.98. The molecule has 0 bridgehead atoms. The average molecular weight is 405 g/mol. The number of carbonyl (C=O) groups is 1. The molecule has 1 aromatic heterocycles. The minimum Gasteiger partial charge on any atom is -0.482 e. The summed E-state index contributed by atoms with van der Waals surface area (Å²) in [7, 11) is 1.74. The van der Waals surface area contributed by atoms with E-state index in [1.807, 2.05) is 31.2 Å². The fourth-order valence-corrected chi connectivity index (χ4v) is 2.85. The van der Waals surface area contributed by atoms with Gasteiger partial charge in [0.15, 0.2) is 6.61 Å². The molecule has 3 rings (SSSR count). The molecule has 3 aromatic rings. The maximum absolute atomic E-state index is 12.5. The predicted octanol–water partition coefficient (Wildman–Crippen LogP) is 4.17. The third kappa shape index (κ3) is 4.59. The van der Waals surface area contributed by atoms with E-state index in [0.29, 0.717) is 15.8 Å². The molecule has 1 heterocycles. The van der Waals surface area contributed by atoms with Crippen molar-refractivity contribution in [1.82, 2.24) is 19.7 Å². The Morgan fingerprint density at radius 2 is 1.96 bits per heavy atom. The quantitative estimate of drug-likeness (QED) is 0.618. The molecular formula is C19H18Cl2N4O2. The van der Waals surface area contributed by atoms with E-state index in [4.69, 9.17) is 27.9 Å². The standard InChI is InChI=1S/C19H18Cl2N4O2/c1-13(14-3-6-16(7-4-14)25-12-22-11-23-25)24(2)19(26)10-27-18-9-15(20)5-8-17(18)21/h3-9,11-13H,10H2,1-2H3/t13-/m0/s1. The van der Waals surface area contributed by atoms with Gasteiger partial charge in [-0.15, -0.1) is 0 Å². The number of rotatable bonds is 6. The number of carbonyl (C=O) groups excluding carboxylic acids is 1. The van der Waals surface area contributed by atoms with Gasteiger partial charge in [0, 0.05) is 18.1 Å². The summed E-state index contributed by atoms with van der Waals surface area (Å²) >= 11 is 12.0. The minimum atomic E-state index is -0.168. The number of aromatic nitrogens is 3. The summed E-state index contributed by atoms with van der Waals surface area (Å²) in [6, 6.07) is 12.5. The SMILES string of the molecule is C[C@@H](c1ccc(-n2cncn2)cc1)N(C)C(=O)COc1cc(Cl)ccc1Cl. The molecule has 0 N–H and O–H groups in total. The predicted molar refractivity (Wildman–Crippen MR) is 105 cm³/mol. The van der Waals surface area contributed by atoms with Crippen LogP contribution < -0.4 is 4.74 Å². The molecule has 0 fully saturated rings. The van der Waals surface area contributed by atoms with Gasteiger partial charge in [-0.1, -0.05) is 35.3 Å². The topological polar surface area (TPSA) is 60.2 Å². The van der Waals surface area contributed by atoms with Gasteiger partial charge < -0.3 is 9.64 Å². The molecule has 140 valence electrons. The number of ether oxygens (including phenoxy) is 1. The molecule has 0 saturated heterocycles. The molecular weight excluding hydrogens is 387 g/mol. The van der Waals surface area contributed by atoms with Gasteiger partial charge in [-0.25, -0.2) is 9.67 Å². The molecule has 0 aliphatic rings. The van der Waals surface area contributed by atoms with Gasteiger partial charge >= 0.3 is 0 Å². The van der Waals surface area contributed by atoms with Gasteiger partial charge in [0.1, 0.15) is 18.4 Å². The Morgan fingerprint density at radius 1 is 1.22 bits per heavy atom. The Kier molecular flexibility index (Phi) is 5.98. The van der Waals surface area contributed by atoms with Gasteiger partial charge in [0.05, 0.1) is 16.8 Å². The van der Waals surface area contributed by atoms with Crippen LogP contribution in [-0.4, -0.2) is 39.2 Å². The monoisotopic (exact) mass is 404 g/mol. The Morgan fingerprint density at radius 3 is 2.63 bits per heavy atom. The molecule has 0 saturated carbocycles. The summed E-state index contributed by atoms with van der Waals surface area (Å²) in [6.45, 7) is 1.83. The smallest absolute Gasteiger partial charge is 0.260 e. The number of benzene rings is 2. The van der Waals surface area contributed by atoms with E-state index >= 15 is 0 Å². The van der Waals surface area contributed by atoms with Crippen molar-refractivity contribution < 1.29 is 9.53 Å². The molecule has 1 atom stereocenters. The number of halogens is 2. The number of amides is 1. The average Bonchev–Trinajstić information content (AvgIpc) is 3.22. The first-order chi connectivity index (χ1) is 13.0. The van der Waals surface area contributed by atoms with Crippen LogP contribution in [0.1, 0.15) is 18.5 Å². The summed E-state index contributed by atoms with van der Waals surface area (Å²) in [5.74, 6) is 0.217. The van der Waals surface area contributed by atoms with Crippen molar-refractivity contribution in [2.45, 2.75) is 13.0 Å². The van der Waals surface area contributed by atoms with Crippen LogP contribution in [0.15, 0.2) is 55.1 Å². The lowest BCUT2D eigenvalue weighted by atomic mass is 10.1. The van der Waals surface area contributed by atoms with Gasteiger partial charge in [-0.2, -0.15) is 5.10 Å². The van der Waals surface area contributed by atoms with Crippen molar-refractivity contribution in [2.24, 2.45) is 0 Å². The van der Waals surface area contributed by atoms with Crippen LogP contribution in [-0.2, 0) is 4.79 Å². The highest BCUT2D eigenvalue weighted by molar-refractivity contribution is 6.34. The minimum absolute atomic E-state index is 0.124. The first-order valence-corrected chi connectivity index (χ1v) is 9.00.